The Hall–Kier alpha value is -1.40. The van der Waals surface area contributed by atoms with E-state index in [1.807, 2.05) is 13.8 Å². The van der Waals surface area contributed by atoms with Crippen LogP contribution in [-0.4, -0.2) is 39.2 Å². The second-order valence-corrected chi connectivity index (χ2v) is 4.01. The third-order valence-corrected chi connectivity index (χ3v) is 2.26. The molecule has 1 aromatic heterocycles. The van der Waals surface area contributed by atoms with E-state index in [4.69, 9.17) is 14.9 Å². The minimum absolute atomic E-state index is 0.0163. The summed E-state index contributed by atoms with van der Waals surface area (Å²) >= 11 is 0. The fourth-order valence-corrected chi connectivity index (χ4v) is 1.35. The van der Waals surface area contributed by atoms with Crippen molar-refractivity contribution in [3.8, 4) is 0 Å². The van der Waals surface area contributed by atoms with Gasteiger partial charge in [-0.2, -0.15) is 5.10 Å². The quantitative estimate of drug-likeness (QED) is 0.696. The SMILES string of the molecule is CC(C)n1cc(C(OCCCO)C(=O)O)cn1. The summed E-state index contributed by atoms with van der Waals surface area (Å²) in [5, 5.41) is 21.7. The van der Waals surface area contributed by atoms with Gasteiger partial charge in [-0.3, -0.25) is 4.68 Å². The highest BCUT2D eigenvalue weighted by Crippen LogP contribution is 2.18. The molecule has 0 saturated carbocycles. The zero-order valence-corrected chi connectivity index (χ0v) is 10.0. The Kier molecular flexibility index (Phi) is 5.11. The maximum Gasteiger partial charge on any atom is 0.337 e. The standard InChI is InChI=1S/C11H18N2O4/c1-8(2)13-7-9(6-12-13)10(11(15)16)17-5-3-4-14/h6-8,10,14H,3-5H2,1-2H3,(H,15,16). The normalized spacial score (nSPS) is 12.9. The van der Waals surface area contributed by atoms with Crippen molar-refractivity contribution >= 4 is 5.97 Å². The van der Waals surface area contributed by atoms with Crippen LogP contribution in [0, 0.1) is 0 Å². The first kappa shape index (κ1) is 13.7. The summed E-state index contributed by atoms with van der Waals surface area (Å²) in [5.41, 5.74) is 0.518. The number of ether oxygens (including phenoxy) is 1. The molecule has 1 atom stereocenters. The van der Waals surface area contributed by atoms with Crippen molar-refractivity contribution in [2.24, 2.45) is 0 Å². The number of rotatable bonds is 7. The maximum atomic E-state index is 11.0. The van der Waals surface area contributed by atoms with Crippen molar-refractivity contribution in [3.05, 3.63) is 18.0 Å². The topological polar surface area (TPSA) is 84.6 Å². The van der Waals surface area contributed by atoms with E-state index in [9.17, 15) is 4.79 Å². The Morgan fingerprint density at radius 3 is 2.76 bits per heavy atom. The average molecular weight is 242 g/mol. The molecule has 0 saturated heterocycles. The first-order valence-electron chi connectivity index (χ1n) is 5.55. The van der Waals surface area contributed by atoms with Gasteiger partial charge in [-0.1, -0.05) is 0 Å². The van der Waals surface area contributed by atoms with Crippen LogP contribution in [0.2, 0.25) is 0 Å². The highest BCUT2D eigenvalue weighted by Gasteiger charge is 2.22. The van der Waals surface area contributed by atoms with Gasteiger partial charge in [-0.15, -0.1) is 0 Å². The molecule has 1 aromatic rings. The number of aliphatic carboxylic acids is 1. The molecule has 0 spiro atoms. The van der Waals surface area contributed by atoms with Crippen LogP contribution >= 0.6 is 0 Å². The number of aliphatic hydroxyl groups is 1. The monoisotopic (exact) mass is 242 g/mol. The molecule has 0 aromatic carbocycles. The van der Waals surface area contributed by atoms with Crippen LogP contribution in [0.5, 0.6) is 0 Å². The van der Waals surface area contributed by atoms with Gasteiger partial charge >= 0.3 is 5.97 Å². The molecule has 0 aliphatic heterocycles. The van der Waals surface area contributed by atoms with Gasteiger partial charge in [0.1, 0.15) is 0 Å². The molecule has 0 bridgehead atoms. The molecular weight excluding hydrogens is 224 g/mol. The van der Waals surface area contributed by atoms with Gasteiger partial charge < -0.3 is 14.9 Å². The van der Waals surface area contributed by atoms with Crippen LogP contribution in [0.1, 0.15) is 38.0 Å². The maximum absolute atomic E-state index is 11.0. The lowest BCUT2D eigenvalue weighted by molar-refractivity contribution is -0.151. The fourth-order valence-electron chi connectivity index (χ4n) is 1.35. The molecular formula is C11H18N2O4. The molecule has 1 heterocycles. The minimum atomic E-state index is -1.05. The number of aromatic nitrogens is 2. The third kappa shape index (κ3) is 3.83. The van der Waals surface area contributed by atoms with Crippen molar-refractivity contribution in [1.82, 2.24) is 9.78 Å². The Morgan fingerprint density at radius 2 is 2.29 bits per heavy atom. The molecule has 6 nitrogen and oxygen atoms in total. The van der Waals surface area contributed by atoms with Crippen LogP contribution in [-0.2, 0) is 9.53 Å². The lowest BCUT2D eigenvalue weighted by atomic mass is 10.2. The van der Waals surface area contributed by atoms with Gasteiger partial charge in [0.25, 0.3) is 0 Å². The van der Waals surface area contributed by atoms with Gasteiger partial charge in [0.2, 0.25) is 0 Å². The summed E-state index contributed by atoms with van der Waals surface area (Å²) in [6.07, 6.45) is 2.57. The Bertz CT molecular complexity index is 362. The van der Waals surface area contributed by atoms with Crippen molar-refractivity contribution < 1.29 is 19.7 Å². The number of hydrogen-bond acceptors (Lipinski definition) is 4. The average Bonchev–Trinajstić information content (AvgIpc) is 2.73. The lowest BCUT2D eigenvalue weighted by Gasteiger charge is -2.11. The number of aliphatic hydroxyl groups excluding tert-OH is 1. The second kappa shape index (κ2) is 6.36. The number of carboxylic acids is 1. The zero-order chi connectivity index (χ0) is 12.8. The van der Waals surface area contributed by atoms with E-state index in [0.717, 1.165) is 0 Å². The lowest BCUT2D eigenvalue weighted by Crippen LogP contribution is -2.16. The van der Waals surface area contributed by atoms with E-state index >= 15 is 0 Å². The third-order valence-electron chi connectivity index (χ3n) is 2.26. The molecule has 0 fully saturated rings. The number of carboxylic acid groups (broad SMARTS) is 1. The molecule has 0 aliphatic carbocycles. The molecule has 1 unspecified atom stereocenters. The van der Waals surface area contributed by atoms with Gasteiger partial charge in [-0.05, 0) is 20.3 Å². The Balaban J connectivity index is 2.71. The smallest absolute Gasteiger partial charge is 0.337 e. The first-order chi connectivity index (χ1) is 8.06. The molecule has 2 N–H and O–H groups in total. The van der Waals surface area contributed by atoms with Crippen LogP contribution in [0.15, 0.2) is 12.4 Å². The number of carbonyl (C=O) groups is 1. The van der Waals surface area contributed by atoms with Crippen LogP contribution in [0.3, 0.4) is 0 Å². The second-order valence-electron chi connectivity index (χ2n) is 4.01. The van der Waals surface area contributed by atoms with E-state index in [0.29, 0.717) is 12.0 Å². The first-order valence-corrected chi connectivity index (χ1v) is 5.55. The van der Waals surface area contributed by atoms with Gasteiger partial charge in [-0.25, -0.2) is 4.79 Å². The van der Waals surface area contributed by atoms with E-state index < -0.39 is 12.1 Å². The van der Waals surface area contributed by atoms with E-state index in [2.05, 4.69) is 5.10 Å². The highest BCUT2D eigenvalue weighted by atomic mass is 16.5. The van der Waals surface area contributed by atoms with Crippen LogP contribution in [0.25, 0.3) is 0 Å². The van der Waals surface area contributed by atoms with Crippen molar-refractivity contribution in [1.29, 1.82) is 0 Å². The zero-order valence-electron chi connectivity index (χ0n) is 10.0. The largest absolute Gasteiger partial charge is 0.479 e. The number of hydrogen-bond donors (Lipinski definition) is 2. The summed E-state index contributed by atoms with van der Waals surface area (Å²) in [6.45, 7) is 4.11. The van der Waals surface area contributed by atoms with Gasteiger partial charge in [0.15, 0.2) is 6.10 Å². The Morgan fingerprint density at radius 1 is 1.59 bits per heavy atom. The molecule has 17 heavy (non-hydrogen) atoms. The van der Waals surface area contributed by atoms with Crippen LogP contribution < -0.4 is 0 Å². The van der Waals surface area contributed by atoms with Crippen molar-refractivity contribution in [3.63, 3.8) is 0 Å². The number of nitrogens with zero attached hydrogens (tertiary/aromatic N) is 2. The Labute approximate surface area is 99.8 Å². The molecule has 1 rings (SSSR count). The van der Waals surface area contributed by atoms with E-state index in [-0.39, 0.29) is 19.3 Å². The van der Waals surface area contributed by atoms with Gasteiger partial charge in [0.05, 0.1) is 12.8 Å². The summed E-state index contributed by atoms with van der Waals surface area (Å²) in [5.74, 6) is -1.05. The molecule has 0 aliphatic rings. The minimum Gasteiger partial charge on any atom is -0.479 e. The molecule has 96 valence electrons. The summed E-state index contributed by atoms with van der Waals surface area (Å²) in [4.78, 5) is 11.0. The van der Waals surface area contributed by atoms with Crippen molar-refractivity contribution in [2.45, 2.75) is 32.4 Å². The molecule has 0 amide bonds. The van der Waals surface area contributed by atoms with Gasteiger partial charge in [0, 0.05) is 24.4 Å². The van der Waals surface area contributed by atoms with Crippen LogP contribution in [0.4, 0.5) is 0 Å². The van der Waals surface area contributed by atoms with E-state index in [1.54, 1.807) is 10.9 Å². The molecule has 0 radical (unpaired) electrons. The predicted molar refractivity (Wildman–Crippen MR) is 60.6 cm³/mol. The van der Waals surface area contributed by atoms with Crippen molar-refractivity contribution in [2.75, 3.05) is 13.2 Å². The van der Waals surface area contributed by atoms with E-state index in [1.165, 1.54) is 6.20 Å². The summed E-state index contributed by atoms with van der Waals surface area (Å²) < 4.78 is 6.89. The predicted octanol–water partition coefficient (Wildman–Crippen LogP) is 0.989. The highest BCUT2D eigenvalue weighted by molar-refractivity contribution is 5.74. The fraction of sp³-hybridized carbons (Fsp3) is 0.636. The summed E-state index contributed by atoms with van der Waals surface area (Å²) in [6, 6.07) is 0.177. The molecule has 6 heteroatoms. The summed E-state index contributed by atoms with van der Waals surface area (Å²) in [7, 11) is 0.